The topological polar surface area (TPSA) is 110 Å². The molecule has 0 saturated heterocycles. The third-order valence-electron chi connectivity index (χ3n) is 3.64. The maximum absolute atomic E-state index is 12.1. The van der Waals surface area contributed by atoms with E-state index in [4.69, 9.17) is 5.84 Å². The molecule has 1 saturated carbocycles. The lowest BCUT2D eigenvalue weighted by molar-refractivity contribution is -0.384. The van der Waals surface area contributed by atoms with Crippen LogP contribution in [0, 0.1) is 16.0 Å². The van der Waals surface area contributed by atoms with Gasteiger partial charge in [-0.15, -0.1) is 0 Å². The normalized spacial score (nSPS) is 21.5. The molecule has 7 heteroatoms. The first kappa shape index (κ1) is 14.3. The van der Waals surface area contributed by atoms with Crippen LogP contribution in [0.15, 0.2) is 18.2 Å². The van der Waals surface area contributed by atoms with Crippen molar-refractivity contribution >= 4 is 17.3 Å². The number of nitrogen functional groups attached to an aromatic ring is 1. The molecule has 7 nitrogen and oxygen atoms in total. The molecule has 1 amide bonds. The Morgan fingerprint density at radius 2 is 2.20 bits per heavy atom. The minimum absolute atomic E-state index is 0.156. The molecule has 1 aliphatic rings. The largest absolute Gasteiger partial charge is 0.349 e. The maximum atomic E-state index is 12.1. The number of hydrogen-bond donors (Lipinski definition) is 3. The van der Waals surface area contributed by atoms with Crippen LogP contribution in [0.1, 0.15) is 36.5 Å². The van der Waals surface area contributed by atoms with Crippen molar-refractivity contribution in [3.63, 3.8) is 0 Å². The second-order valence-electron chi connectivity index (χ2n) is 5.22. The van der Waals surface area contributed by atoms with Gasteiger partial charge in [-0.25, -0.2) is 0 Å². The summed E-state index contributed by atoms with van der Waals surface area (Å²) in [6, 6.07) is 4.35. The molecule has 0 radical (unpaired) electrons. The average Bonchev–Trinajstić information content (AvgIpc) is 2.83. The number of amides is 1. The monoisotopic (exact) mass is 278 g/mol. The van der Waals surface area contributed by atoms with E-state index in [2.05, 4.69) is 17.7 Å². The van der Waals surface area contributed by atoms with E-state index in [1.54, 1.807) is 0 Å². The Morgan fingerprint density at radius 1 is 1.45 bits per heavy atom. The molecule has 2 rings (SSSR count). The van der Waals surface area contributed by atoms with Crippen LogP contribution in [0.5, 0.6) is 0 Å². The molecule has 0 spiro atoms. The first-order valence-corrected chi connectivity index (χ1v) is 6.57. The molecule has 108 valence electrons. The Bertz CT molecular complexity index is 532. The predicted octanol–water partition coefficient (Wildman–Crippen LogP) is 1.80. The van der Waals surface area contributed by atoms with Gasteiger partial charge in [0.1, 0.15) is 5.69 Å². The molecule has 1 aromatic carbocycles. The molecular formula is C13H18N4O3. The lowest BCUT2D eigenvalue weighted by Gasteiger charge is -2.12. The highest BCUT2D eigenvalue weighted by Gasteiger charge is 2.24. The van der Waals surface area contributed by atoms with Crippen molar-refractivity contribution in [3.05, 3.63) is 33.9 Å². The summed E-state index contributed by atoms with van der Waals surface area (Å²) in [6.07, 6.45) is 3.01. The van der Waals surface area contributed by atoms with E-state index in [9.17, 15) is 14.9 Å². The molecule has 20 heavy (non-hydrogen) atoms. The molecule has 0 aromatic heterocycles. The van der Waals surface area contributed by atoms with E-state index in [0.717, 1.165) is 19.3 Å². The fourth-order valence-corrected chi connectivity index (χ4v) is 2.55. The SMILES string of the molecule is CC1CCC(NC(=O)c2ccc(NN)c([N+](=O)[O-])c2)C1. The lowest BCUT2D eigenvalue weighted by Crippen LogP contribution is -2.32. The Balaban J connectivity index is 2.14. The summed E-state index contributed by atoms with van der Waals surface area (Å²) >= 11 is 0. The minimum Gasteiger partial charge on any atom is -0.349 e. The number of nitro benzene ring substituents is 1. The number of nitro groups is 1. The quantitative estimate of drug-likeness (QED) is 0.442. The number of rotatable bonds is 4. The van der Waals surface area contributed by atoms with Crippen molar-refractivity contribution in [3.8, 4) is 0 Å². The number of carbonyl (C=O) groups is 1. The van der Waals surface area contributed by atoms with Gasteiger partial charge in [0.2, 0.25) is 0 Å². The molecule has 0 aliphatic heterocycles. The molecule has 1 aromatic rings. The molecule has 2 unspecified atom stereocenters. The molecule has 0 heterocycles. The summed E-state index contributed by atoms with van der Waals surface area (Å²) in [5.74, 6) is 5.53. The van der Waals surface area contributed by atoms with E-state index < -0.39 is 4.92 Å². The van der Waals surface area contributed by atoms with E-state index in [1.165, 1.54) is 18.2 Å². The van der Waals surface area contributed by atoms with Crippen molar-refractivity contribution in [2.45, 2.75) is 32.2 Å². The van der Waals surface area contributed by atoms with Gasteiger partial charge in [0.25, 0.3) is 11.6 Å². The molecule has 1 fully saturated rings. The zero-order valence-corrected chi connectivity index (χ0v) is 11.3. The van der Waals surface area contributed by atoms with E-state index in [0.29, 0.717) is 5.92 Å². The highest BCUT2D eigenvalue weighted by Crippen LogP contribution is 2.27. The molecule has 0 bridgehead atoms. The lowest BCUT2D eigenvalue weighted by atomic mass is 10.1. The molecule has 4 N–H and O–H groups in total. The number of hydrogen-bond acceptors (Lipinski definition) is 5. The summed E-state index contributed by atoms with van der Waals surface area (Å²) in [6.45, 7) is 2.15. The summed E-state index contributed by atoms with van der Waals surface area (Å²) in [4.78, 5) is 22.5. The first-order chi connectivity index (χ1) is 9.51. The van der Waals surface area contributed by atoms with Crippen LogP contribution in [-0.2, 0) is 0 Å². The predicted molar refractivity (Wildman–Crippen MR) is 75.2 cm³/mol. The summed E-state index contributed by atoms with van der Waals surface area (Å²) in [7, 11) is 0. The van der Waals surface area contributed by atoms with Crippen LogP contribution in [-0.4, -0.2) is 16.9 Å². The van der Waals surface area contributed by atoms with E-state index in [1.807, 2.05) is 0 Å². The van der Waals surface area contributed by atoms with Gasteiger partial charge in [0, 0.05) is 17.7 Å². The van der Waals surface area contributed by atoms with Crippen molar-refractivity contribution in [2.24, 2.45) is 11.8 Å². The Kier molecular flexibility index (Phi) is 4.19. The van der Waals surface area contributed by atoms with E-state index in [-0.39, 0.29) is 28.9 Å². The summed E-state index contributed by atoms with van der Waals surface area (Å²) < 4.78 is 0. The van der Waals surface area contributed by atoms with Crippen molar-refractivity contribution in [1.82, 2.24) is 5.32 Å². The van der Waals surface area contributed by atoms with Crippen molar-refractivity contribution in [1.29, 1.82) is 0 Å². The van der Waals surface area contributed by atoms with Gasteiger partial charge in [-0.2, -0.15) is 0 Å². The van der Waals surface area contributed by atoms with Gasteiger partial charge in [-0.05, 0) is 37.3 Å². The first-order valence-electron chi connectivity index (χ1n) is 6.57. The highest BCUT2D eigenvalue weighted by atomic mass is 16.6. The number of benzene rings is 1. The second-order valence-corrected chi connectivity index (χ2v) is 5.22. The number of nitrogens with zero attached hydrogens (tertiary/aromatic N) is 1. The molecular weight excluding hydrogens is 260 g/mol. The smallest absolute Gasteiger partial charge is 0.294 e. The number of hydrazine groups is 1. The zero-order chi connectivity index (χ0) is 14.7. The van der Waals surface area contributed by atoms with Crippen molar-refractivity contribution < 1.29 is 9.72 Å². The number of carbonyl (C=O) groups excluding carboxylic acids is 1. The van der Waals surface area contributed by atoms with Crippen LogP contribution >= 0.6 is 0 Å². The van der Waals surface area contributed by atoms with Gasteiger partial charge >= 0.3 is 0 Å². The number of anilines is 1. The molecule has 1 aliphatic carbocycles. The van der Waals surface area contributed by atoms with Gasteiger partial charge < -0.3 is 10.7 Å². The van der Waals surface area contributed by atoms with E-state index >= 15 is 0 Å². The van der Waals surface area contributed by atoms with Gasteiger partial charge in [0.05, 0.1) is 4.92 Å². The summed E-state index contributed by atoms with van der Waals surface area (Å²) in [5, 5.41) is 13.8. The number of nitrogens with one attached hydrogen (secondary N) is 2. The third kappa shape index (κ3) is 3.05. The van der Waals surface area contributed by atoms with Crippen LogP contribution < -0.4 is 16.6 Å². The standard InChI is InChI=1S/C13H18N4O3/c1-8-2-4-10(6-8)15-13(18)9-3-5-11(16-14)12(7-9)17(19)20/h3,5,7-8,10,16H,2,4,6,14H2,1H3,(H,15,18). The van der Waals surface area contributed by atoms with Gasteiger partial charge in [0.15, 0.2) is 0 Å². The third-order valence-corrected chi connectivity index (χ3v) is 3.64. The minimum atomic E-state index is -0.566. The van der Waals surface area contributed by atoms with Crippen LogP contribution in [0.2, 0.25) is 0 Å². The Hall–Kier alpha value is -2.15. The van der Waals surface area contributed by atoms with Crippen LogP contribution in [0.3, 0.4) is 0 Å². The van der Waals surface area contributed by atoms with Gasteiger partial charge in [-0.1, -0.05) is 6.92 Å². The average molecular weight is 278 g/mol. The second kappa shape index (κ2) is 5.87. The zero-order valence-electron chi connectivity index (χ0n) is 11.3. The maximum Gasteiger partial charge on any atom is 0.294 e. The van der Waals surface area contributed by atoms with Crippen molar-refractivity contribution in [2.75, 3.05) is 5.43 Å². The Morgan fingerprint density at radius 3 is 2.75 bits per heavy atom. The number of nitrogens with two attached hydrogens (primary N) is 1. The molecule has 2 atom stereocenters. The summed E-state index contributed by atoms with van der Waals surface area (Å²) in [5.41, 5.74) is 2.50. The highest BCUT2D eigenvalue weighted by molar-refractivity contribution is 5.95. The van der Waals surface area contributed by atoms with Crippen LogP contribution in [0.4, 0.5) is 11.4 Å². The van der Waals surface area contributed by atoms with Gasteiger partial charge in [-0.3, -0.25) is 20.8 Å². The fourth-order valence-electron chi connectivity index (χ4n) is 2.55. The Labute approximate surface area is 116 Å². The van der Waals surface area contributed by atoms with Crippen LogP contribution in [0.25, 0.3) is 0 Å². The fraction of sp³-hybridized carbons (Fsp3) is 0.462.